The Morgan fingerprint density at radius 2 is 1.79 bits per heavy atom. The summed E-state index contributed by atoms with van der Waals surface area (Å²) in [4.78, 5) is 0. The molecule has 5 rings (SSSR count). The van der Waals surface area contributed by atoms with Crippen LogP contribution in [0.2, 0.25) is 10.0 Å². The van der Waals surface area contributed by atoms with Gasteiger partial charge in [0.25, 0.3) is 0 Å². The highest BCUT2D eigenvalue weighted by molar-refractivity contribution is 6.43. The van der Waals surface area contributed by atoms with Crippen LogP contribution < -0.4 is 10.5 Å². The Kier molecular flexibility index (Phi) is 6.21. The highest BCUT2D eigenvalue weighted by Crippen LogP contribution is 2.36. The van der Waals surface area contributed by atoms with Gasteiger partial charge in [-0.1, -0.05) is 41.4 Å². The summed E-state index contributed by atoms with van der Waals surface area (Å²) in [6, 6.07) is 14.7. The minimum atomic E-state index is -1.31. The quantitative estimate of drug-likeness (QED) is 0.394. The summed E-state index contributed by atoms with van der Waals surface area (Å²) in [5, 5.41) is 1.02. The summed E-state index contributed by atoms with van der Waals surface area (Å²) >= 11 is 12.1. The van der Waals surface area contributed by atoms with Gasteiger partial charge in [-0.25, -0.2) is 0 Å². The number of nitrogens with two attached hydrogens (primary N) is 1. The maximum Gasteiger partial charge on any atom is 0.533 e. The lowest BCUT2D eigenvalue weighted by Gasteiger charge is -2.30. The van der Waals surface area contributed by atoms with Crippen LogP contribution in [0.4, 0.5) is 4.32 Å². The molecular weight excluding hydrogens is 471 g/mol. The van der Waals surface area contributed by atoms with E-state index in [4.69, 9.17) is 33.7 Å². The molecule has 0 saturated carbocycles. The van der Waals surface area contributed by atoms with Crippen molar-refractivity contribution >= 4 is 54.4 Å². The molecule has 34 heavy (non-hydrogen) atoms. The smallest absolute Gasteiger partial charge is 0.457 e. The molecule has 0 unspecified atom stereocenters. The zero-order valence-corrected chi connectivity index (χ0v) is 20.0. The van der Waals surface area contributed by atoms with Gasteiger partial charge in [0.05, 0.1) is 0 Å². The summed E-state index contributed by atoms with van der Waals surface area (Å²) in [6.07, 6.45) is 10.2. The molecule has 2 aromatic carbocycles. The molecule has 0 atom stereocenters. The second-order valence-electron chi connectivity index (χ2n) is 8.21. The highest BCUT2D eigenvalue weighted by Gasteiger charge is 2.34. The van der Waals surface area contributed by atoms with Gasteiger partial charge in [0.2, 0.25) is 0 Å². The fourth-order valence-electron chi connectivity index (χ4n) is 4.44. The van der Waals surface area contributed by atoms with Crippen molar-refractivity contribution in [2.24, 2.45) is 5.73 Å². The first-order valence-corrected chi connectivity index (χ1v) is 11.7. The van der Waals surface area contributed by atoms with E-state index in [0.717, 1.165) is 33.8 Å². The molecule has 0 bridgehead atoms. The summed E-state index contributed by atoms with van der Waals surface area (Å²) in [5.41, 5.74) is 11.5. The Morgan fingerprint density at radius 1 is 1.06 bits per heavy atom. The van der Waals surface area contributed by atoms with Crippen LogP contribution in [0.15, 0.2) is 66.4 Å². The molecule has 1 aromatic heterocycles. The SMILES string of the molecule is Cc1cc(/C=C/c2ccc(Oc3cc(Cl)cc(Cl)c3)cc2)n2c1C(CCN)=C1C=CC=[N+]1[B-]2F. The first kappa shape index (κ1) is 22.7. The van der Waals surface area contributed by atoms with Gasteiger partial charge in [-0.3, -0.25) is 0 Å². The number of hydrogen-bond acceptors (Lipinski definition) is 2. The molecule has 0 aliphatic carbocycles. The average Bonchev–Trinajstić information content (AvgIpc) is 3.41. The zero-order valence-electron chi connectivity index (χ0n) is 18.5. The molecule has 8 heteroatoms. The van der Waals surface area contributed by atoms with Crippen LogP contribution in [0.1, 0.15) is 28.9 Å². The van der Waals surface area contributed by atoms with Crippen LogP contribution in [-0.2, 0) is 0 Å². The van der Waals surface area contributed by atoms with Crippen molar-refractivity contribution in [3.05, 3.63) is 98.9 Å². The van der Waals surface area contributed by atoms with Crippen molar-refractivity contribution in [3.8, 4) is 11.5 Å². The number of hydrogen-bond donors (Lipinski definition) is 1. The molecule has 0 spiro atoms. The van der Waals surface area contributed by atoms with Crippen LogP contribution >= 0.6 is 23.2 Å². The monoisotopic (exact) mass is 492 g/mol. The lowest BCUT2D eigenvalue weighted by Crippen LogP contribution is -2.39. The molecule has 0 amide bonds. The van der Waals surface area contributed by atoms with Crippen molar-refractivity contribution in [2.75, 3.05) is 6.54 Å². The van der Waals surface area contributed by atoms with Gasteiger partial charge >= 0.3 is 7.26 Å². The van der Waals surface area contributed by atoms with E-state index in [0.29, 0.717) is 34.5 Å². The van der Waals surface area contributed by atoms with Crippen LogP contribution in [-0.4, -0.2) is 29.0 Å². The first-order chi connectivity index (χ1) is 16.4. The maximum absolute atomic E-state index is 15.5. The Bertz CT molecular complexity index is 1370. The van der Waals surface area contributed by atoms with E-state index in [-0.39, 0.29) is 0 Å². The Balaban J connectivity index is 1.41. The van der Waals surface area contributed by atoms with E-state index < -0.39 is 7.26 Å². The molecule has 171 valence electrons. The second-order valence-corrected chi connectivity index (χ2v) is 9.08. The number of ether oxygens (including phenoxy) is 1. The number of benzene rings is 2. The predicted octanol–water partition coefficient (Wildman–Crippen LogP) is 6.60. The molecule has 2 N–H and O–H groups in total. The summed E-state index contributed by atoms with van der Waals surface area (Å²) < 4.78 is 24.8. The lowest BCUT2D eigenvalue weighted by molar-refractivity contribution is -0.329. The van der Waals surface area contributed by atoms with Gasteiger partial charge < -0.3 is 23.8 Å². The third-order valence-corrected chi connectivity index (χ3v) is 6.30. The van der Waals surface area contributed by atoms with Crippen LogP contribution in [0.25, 0.3) is 17.7 Å². The Hall–Kier alpha value is -3.06. The fraction of sp³-hybridized carbons (Fsp3) is 0.115. The van der Waals surface area contributed by atoms with Crippen LogP contribution in [0, 0.1) is 6.92 Å². The number of aromatic nitrogens is 1. The third-order valence-electron chi connectivity index (χ3n) is 5.87. The molecule has 3 aromatic rings. The zero-order chi connectivity index (χ0) is 23.8. The normalized spacial score (nSPS) is 15.1. The van der Waals surface area contributed by atoms with Gasteiger partial charge in [-0.2, -0.15) is 0 Å². The van der Waals surface area contributed by atoms with Crippen molar-refractivity contribution in [2.45, 2.75) is 13.3 Å². The molecule has 1 radical (unpaired) electrons. The van der Waals surface area contributed by atoms with Gasteiger partial charge in [0.1, 0.15) is 17.7 Å². The minimum Gasteiger partial charge on any atom is -0.457 e. The van der Waals surface area contributed by atoms with E-state index in [1.807, 2.05) is 61.6 Å². The number of allylic oxidation sites excluding steroid dienone is 2. The lowest BCUT2D eigenvalue weighted by atomic mass is 9.91. The summed E-state index contributed by atoms with van der Waals surface area (Å²) in [7, 11) is -1.31. The van der Waals surface area contributed by atoms with E-state index in [2.05, 4.69) is 0 Å². The number of fused-ring (bicyclic) bond motifs is 2. The van der Waals surface area contributed by atoms with Crippen molar-refractivity contribution in [3.63, 3.8) is 0 Å². The van der Waals surface area contributed by atoms with E-state index in [1.165, 1.54) is 0 Å². The van der Waals surface area contributed by atoms with Crippen LogP contribution in [0.3, 0.4) is 0 Å². The third kappa shape index (κ3) is 4.25. The molecule has 2 aliphatic rings. The number of halogens is 3. The Morgan fingerprint density at radius 3 is 2.50 bits per heavy atom. The van der Waals surface area contributed by atoms with E-state index in [9.17, 15) is 0 Å². The molecule has 3 heterocycles. The van der Waals surface area contributed by atoms with Crippen molar-refractivity contribution < 1.29 is 13.5 Å². The minimum absolute atomic E-state index is 0.503. The first-order valence-electron chi connectivity index (χ1n) is 11.0. The molecule has 2 aliphatic heterocycles. The van der Waals surface area contributed by atoms with Gasteiger partial charge in [0.15, 0.2) is 5.70 Å². The predicted molar refractivity (Wildman–Crippen MR) is 139 cm³/mol. The largest absolute Gasteiger partial charge is 0.533 e. The topological polar surface area (TPSA) is 43.2 Å². The van der Waals surface area contributed by atoms with Crippen molar-refractivity contribution in [1.82, 2.24) is 4.48 Å². The Labute approximate surface area is 208 Å². The molecular formula is C26H22BCl2FN3O. The average molecular weight is 493 g/mol. The standard InChI is InChI=1S/C26H22BCl2FN3O/c1-17-13-21(33-26(17)24(10-11-31)25-3-2-12-32(25)27(33)30)7-4-18-5-8-22(9-6-18)34-23-15-19(28)14-20(29)16-23/h2-9,12-16H,10-11,31H2,1H3/b7-4+. The second kappa shape index (κ2) is 9.30. The van der Waals surface area contributed by atoms with E-state index in [1.54, 1.807) is 33.4 Å². The number of rotatable bonds is 6. The molecule has 4 nitrogen and oxygen atoms in total. The number of aryl methyl sites for hydroxylation is 1. The summed E-state index contributed by atoms with van der Waals surface area (Å²) in [5.74, 6) is 1.23. The van der Waals surface area contributed by atoms with Gasteiger partial charge in [-0.05, 0) is 73.5 Å². The molecule has 0 fully saturated rings. The van der Waals surface area contributed by atoms with Gasteiger partial charge in [-0.15, -0.1) is 0 Å². The van der Waals surface area contributed by atoms with Crippen molar-refractivity contribution in [1.29, 1.82) is 0 Å². The van der Waals surface area contributed by atoms with Gasteiger partial charge in [0, 0.05) is 39.2 Å². The van der Waals surface area contributed by atoms with E-state index >= 15 is 4.32 Å². The molecule has 0 saturated heterocycles. The summed E-state index contributed by atoms with van der Waals surface area (Å²) in [6.45, 7) is 2.52. The number of nitrogens with zero attached hydrogens (tertiary/aromatic N) is 2. The fourth-order valence-corrected chi connectivity index (χ4v) is 4.95. The maximum atomic E-state index is 15.5. The highest BCUT2D eigenvalue weighted by atomic mass is 35.5. The van der Waals surface area contributed by atoms with Crippen LogP contribution in [0.5, 0.6) is 11.5 Å².